The Kier molecular flexibility index (Phi) is 44.5. The summed E-state index contributed by atoms with van der Waals surface area (Å²) in [5.41, 5.74) is 0. The molecule has 6 N–H and O–H groups in total. The molecule has 1 rings (SSSR count). The van der Waals surface area contributed by atoms with Gasteiger partial charge in [0.15, 0.2) is 6.29 Å². The third-order valence-electron chi connectivity index (χ3n) is 12.9. The van der Waals surface area contributed by atoms with E-state index in [9.17, 15) is 35.1 Å². The minimum atomic E-state index is -1.60. The minimum Gasteiger partial charge on any atom is -0.466 e. The van der Waals surface area contributed by atoms with E-state index in [2.05, 4.69) is 42.6 Å². The van der Waals surface area contributed by atoms with Gasteiger partial charge in [0.25, 0.3) is 0 Å². The fourth-order valence-electron chi connectivity index (χ4n) is 8.46. The lowest BCUT2D eigenvalue weighted by molar-refractivity contribution is -0.302. The highest BCUT2D eigenvalue weighted by Crippen LogP contribution is 2.23. The Hall–Kier alpha value is -2.64. The molecular weight excluding hydrogens is 871 g/mol. The van der Waals surface area contributed by atoms with Gasteiger partial charge in [-0.15, -0.1) is 0 Å². The Balaban J connectivity index is 2.10. The topological polar surface area (TPSA) is 175 Å². The second-order valence-electron chi connectivity index (χ2n) is 19.3. The van der Waals surface area contributed by atoms with E-state index in [1.807, 2.05) is 31.2 Å². The summed E-state index contributed by atoms with van der Waals surface area (Å²) in [6, 6.07) is -0.878. The Morgan fingerprint density at radius 2 is 1.06 bits per heavy atom. The first-order chi connectivity index (χ1) is 33.7. The number of hydrogen-bond donors (Lipinski definition) is 6. The Labute approximate surface area is 420 Å². The summed E-state index contributed by atoms with van der Waals surface area (Å²) in [6.45, 7) is 3.99. The van der Waals surface area contributed by atoms with Crippen molar-refractivity contribution in [3.05, 3.63) is 60.8 Å². The minimum absolute atomic E-state index is 0.0376. The van der Waals surface area contributed by atoms with Crippen LogP contribution in [0.2, 0.25) is 0 Å². The van der Waals surface area contributed by atoms with E-state index in [4.69, 9.17) is 14.2 Å². The van der Waals surface area contributed by atoms with Crippen molar-refractivity contribution in [2.45, 2.75) is 275 Å². The third kappa shape index (κ3) is 37.8. The summed E-state index contributed by atoms with van der Waals surface area (Å²) in [5, 5.41) is 54.0. The molecule has 0 bridgehead atoms. The maximum Gasteiger partial charge on any atom is 0.305 e. The lowest BCUT2D eigenvalue weighted by atomic mass is 9.99. The van der Waals surface area contributed by atoms with Crippen molar-refractivity contribution in [2.24, 2.45) is 0 Å². The molecule has 1 fully saturated rings. The summed E-state index contributed by atoms with van der Waals surface area (Å²) in [5.74, 6) is -0.319. The number of allylic oxidation sites excluding steroid dienone is 9. The van der Waals surface area contributed by atoms with E-state index in [0.717, 1.165) is 70.6 Å². The SMILES string of the molecule is C/C=C/CC/C=C/CC/C=C/C(O)C(COC1OC(CO)C(O)C(O)C1O)NC(=O)CC/C=C\C/C=C\CCCCCCCCOC(=O)CCCCCCCCCCCCCCCCCCCCC. The molecule has 1 amide bonds. The predicted molar refractivity (Wildman–Crippen MR) is 283 cm³/mol. The molecule has 0 aromatic carbocycles. The lowest BCUT2D eigenvalue weighted by Gasteiger charge is -2.40. The predicted octanol–water partition coefficient (Wildman–Crippen LogP) is 12.3. The summed E-state index contributed by atoms with van der Waals surface area (Å²) < 4.78 is 16.6. The highest BCUT2D eigenvalue weighted by Gasteiger charge is 2.44. The number of aliphatic hydroxyl groups is 5. The van der Waals surface area contributed by atoms with Crippen LogP contribution in [-0.2, 0) is 23.8 Å². The maximum atomic E-state index is 12.9. The number of rotatable bonds is 47. The van der Waals surface area contributed by atoms with Crippen LogP contribution in [0.5, 0.6) is 0 Å². The van der Waals surface area contributed by atoms with Crippen molar-refractivity contribution in [3.8, 4) is 0 Å². The molecule has 11 heteroatoms. The quantitative estimate of drug-likeness (QED) is 0.0196. The van der Waals surface area contributed by atoms with Gasteiger partial charge >= 0.3 is 5.97 Å². The molecule has 1 saturated heterocycles. The lowest BCUT2D eigenvalue weighted by Crippen LogP contribution is -2.60. The van der Waals surface area contributed by atoms with E-state index >= 15 is 0 Å². The molecule has 0 aromatic rings. The highest BCUT2D eigenvalue weighted by atomic mass is 16.7. The zero-order valence-corrected chi connectivity index (χ0v) is 43.8. The summed E-state index contributed by atoms with van der Waals surface area (Å²) in [4.78, 5) is 25.0. The molecule has 69 heavy (non-hydrogen) atoms. The van der Waals surface area contributed by atoms with Gasteiger partial charge in [-0.1, -0.05) is 209 Å². The van der Waals surface area contributed by atoms with E-state index in [1.165, 1.54) is 122 Å². The normalized spacial score (nSPS) is 19.8. The number of amides is 1. The molecule has 0 radical (unpaired) electrons. The van der Waals surface area contributed by atoms with Gasteiger partial charge in [-0.3, -0.25) is 9.59 Å². The van der Waals surface area contributed by atoms with Crippen LogP contribution < -0.4 is 5.32 Å². The average Bonchev–Trinajstić information content (AvgIpc) is 3.34. The summed E-state index contributed by atoms with van der Waals surface area (Å²) >= 11 is 0. The molecule has 400 valence electrons. The van der Waals surface area contributed by atoms with Crippen LogP contribution in [0.25, 0.3) is 0 Å². The van der Waals surface area contributed by atoms with Gasteiger partial charge in [-0.05, 0) is 71.1 Å². The molecule has 0 aliphatic carbocycles. The first-order valence-corrected chi connectivity index (χ1v) is 28.0. The Bertz CT molecular complexity index is 1330. The number of ether oxygens (including phenoxy) is 3. The van der Waals surface area contributed by atoms with Crippen LogP contribution in [0, 0.1) is 0 Å². The number of carbonyl (C=O) groups excluding carboxylic acids is 2. The Morgan fingerprint density at radius 3 is 1.62 bits per heavy atom. The van der Waals surface area contributed by atoms with Gasteiger partial charge in [0.05, 0.1) is 32.0 Å². The fourth-order valence-corrected chi connectivity index (χ4v) is 8.46. The van der Waals surface area contributed by atoms with Crippen molar-refractivity contribution in [3.63, 3.8) is 0 Å². The van der Waals surface area contributed by atoms with Gasteiger partial charge in [0.1, 0.15) is 24.4 Å². The number of carbonyl (C=O) groups is 2. The molecule has 7 atom stereocenters. The van der Waals surface area contributed by atoms with E-state index in [0.29, 0.717) is 25.9 Å². The molecule has 1 aliphatic rings. The highest BCUT2D eigenvalue weighted by molar-refractivity contribution is 5.76. The smallest absolute Gasteiger partial charge is 0.305 e. The first kappa shape index (κ1) is 64.4. The molecule has 1 heterocycles. The number of aliphatic hydroxyl groups excluding tert-OH is 5. The zero-order valence-electron chi connectivity index (χ0n) is 43.8. The Morgan fingerprint density at radius 1 is 0.565 bits per heavy atom. The molecule has 11 nitrogen and oxygen atoms in total. The monoisotopic (exact) mass is 974 g/mol. The van der Waals surface area contributed by atoms with Gasteiger partial charge in [0.2, 0.25) is 5.91 Å². The number of hydrogen-bond acceptors (Lipinski definition) is 10. The molecule has 7 unspecified atom stereocenters. The zero-order chi connectivity index (χ0) is 50.3. The number of unbranched alkanes of at least 4 members (excludes halogenated alkanes) is 26. The largest absolute Gasteiger partial charge is 0.466 e. The van der Waals surface area contributed by atoms with E-state index < -0.39 is 49.5 Å². The number of nitrogens with one attached hydrogen (secondary N) is 1. The fraction of sp³-hybridized carbons (Fsp3) is 0.793. The van der Waals surface area contributed by atoms with Crippen molar-refractivity contribution in [2.75, 3.05) is 19.8 Å². The van der Waals surface area contributed by atoms with E-state index in [-0.39, 0.29) is 24.9 Å². The standard InChI is InChI=1S/C58H103NO10/c1-3-5-7-9-11-13-14-15-16-17-18-19-20-23-26-30-34-38-42-46-54(63)67-47-43-39-35-31-27-24-21-22-25-29-33-37-41-45-53(62)59-50(51(61)44-40-36-32-28-12-10-8-6-4-2)49-68-58-57(66)56(65)55(64)52(48-60)69-58/h4,6,12,22,25,28,33,37,40,44,50-52,55-58,60-61,64-66H,3,5,7-11,13-21,23-24,26-27,29-32,34-36,38-39,41-43,45-49H2,1-2H3,(H,59,62)/b6-4+,25-22-,28-12+,37-33-,44-40+. The number of esters is 1. The van der Waals surface area contributed by atoms with Gasteiger partial charge < -0.3 is 45.1 Å². The van der Waals surface area contributed by atoms with Crippen LogP contribution in [0.1, 0.15) is 232 Å². The van der Waals surface area contributed by atoms with Crippen LogP contribution in [0.3, 0.4) is 0 Å². The van der Waals surface area contributed by atoms with Crippen LogP contribution in [-0.4, -0.2) is 100 Å². The molecular formula is C58H103NO10. The van der Waals surface area contributed by atoms with Crippen molar-refractivity contribution >= 4 is 11.9 Å². The van der Waals surface area contributed by atoms with Crippen LogP contribution in [0.4, 0.5) is 0 Å². The molecule has 0 aromatic heterocycles. The summed E-state index contributed by atoms with van der Waals surface area (Å²) in [7, 11) is 0. The van der Waals surface area contributed by atoms with E-state index in [1.54, 1.807) is 6.08 Å². The van der Waals surface area contributed by atoms with Crippen molar-refractivity contribution in [1.82, 2.24) is 5.32 Å². The van der Waals surface area contributed by atoms with Crippen molar-refractivity contribution in [1.29, 1.82) is 0 Å². The van der Waals surface area contributed by atoms with Gasteiger partial charge in [-0.2, -0.15) is 0 Å². The maximum absolute atomic E-state index is 12.9. The molecule has 0 spiro atoms. The van der Waals surface area contributed by atoms with Gasteiger partial charge in [0, 0.05) is 12.8 Å². The third-order valence-corrected chi connectivity index (χ3v) is 12.9. The van der Waals surface area contributed by atoms with Crippen molar-refractivity contribution < 1.29 is 49.3 Å². The second kappa shape index (κ2) is 47.7. The molecule has 1 aliphatic heterocycles. The van der Waals surface area contributed by atoms with Crippen LogP contribution in [0.15, 0.2) is 60.8 Å². The molecule has 0 saturated carbocycles. The first-order valence-electron chi connectivity index (χ1n) is 28.0. The average molecular weight is 974 g/mol. The second-order valence-corrected chi connectivity index (χ2v) is 19.3. The van der Waals surface area contributed by atoms with Crippen LogP contribution >= 0.6 is 0 Å². The summed E-state index contributed by atoms with van der Waals surface area (Å²) in [6.07, 6.45) is 50.8. The van der Waals surface area contributed by atoms with Gasteiger partial charge in [-0.25, -0.2) is 0 Å².